The van der Waals surface area contributed by atoms with Gasteiger partial charge in [-0.1, -0.05) is 19.4 Å². The molecule has 1 saturated heterocycles. The molecular formula is C13H12F2N2O3. The molecule has 7 heteroatoms. The van der Waals surface area contributed by atoms with E-state index >= 15 is 0 Å². The van der Waals surface area contributed by atoms with Gasteiger partial charge in [0.1, 0.15) is 23.2 Å². The number of hydrogen-bond acceptors (Lipinski definition) is 3. The van der Waals surface area contributed by atoms with Gasteiger partial charge in [-0.15, -0.1) is 0 Å². The zero-order valence-electron chi connectivity index (χ0n) is 10.7. The van der Waals surface area contributed by atoms with E-state index in [1.165, 1.54) is 0 Å². The lowest BCUT2D eigenvalue weighted by Gasteiger charge is -2.30. The van der Waals surface area contributed by atoms with Gasteiger partial charge in [0.05, 0.1) is 0 Å². The lowest BCUT2D eigenvalue weighted by atomic mass is 9.99. The molecule has 106 valence electrons. The molecule has 0 saturated carbocycles. The topological polar surface area (TPSA) is 66.5 Å². The summed E-state index contributed by atoms with van der Waals surface area (Å²) in [6.07, 6.45) is 0.718. The first kappa shape index (κ1) is 14.1. The van der Waals surface area contributed by atoms with E-state index in [9.17, 15) is 23.2 Å². The number of rotatable bonds is 3. The average molecular weight is 282 g/mol. The summed E-state index contributed by atoms with van der Waals surface area (Å²) in [5.41, 5.74) is -0.761. The minimum Gasteiger partial charge on any atom is -0.277 e. The van der Waals surface area contributed by atoms with Crippen LogP contribution < -0.4 is 10.2 Å². The van der Waals surface area contributed by atoms with E-state index in [-0.39, 0.29) is 6.42 Å². The molecule has 1 fully saturated rings. The standard InChI is InChI=1S/C13H12F2N2O3/c1-2-4-7-11(18)16-13(20)17(12(7)19)10-8(14)5-3-6-9(10)15/h3,5-7H,2,4H2,1H3,(H,16,18,20). The average Bonchev–Trinajstić information content (AvgIpc) is 2.37. The molecule has 0 spiro atoms. The molecule has 20 heavy (non-hydrogen) atoms. The van der Waals surface area contributed by atoms with Gasteiger partial charge in [-0.05, 0) is 18.6 Å². The van der Waals surface area contributed by atoms with Crippen molar-refractivity contribution in [3.05, 3.63) is 29.8 Å². The number of benzene rings is 1. The highest BCUT2D eigenvalue weighted by molar-refractivity contribution is 6.27. The van der Waals surface area contributed by atoms with E-state index in [1.54, 1.807) is 6.92 Å². The van der Waals surface area contributed by atoms with Crippen LogP contribution in [0.2, 0.25) is 0 Å². The number of imide groups is 2. The summed E-state index contributed by atoms with van der Waals surface area (Å²) < 4.78 is 27.4. The third-order valence-corrected chi connectivity index (χ3v) is 3.01. The van der Waals surface area contributed by atoms with Crippen molar-refractivity contribution in [3.63, 3.8) is 0 Å². The number of anilines is 1. The molecule has 4 amide bonds. The number of nitrogens with one attached hydrogen (secondary N) is 1. The Kier molecular flexibility index (Phi) is 3.78. The minimum atomic E-state index is -1.14. The third-order valence-electron chi connectivity index (χ3n) is 3.01. The number of carbonyl (C=O) groups is 3. The van der Waals surface area contributed by atoms with Gasteiger partial charge < -0.3 is 0 Å². The zero-order valence-corrected chi connectivity index (χ0v) is 10.7. The van der Waals surface area contributed by atoms with Crippen LogP contribution in [0.1, 0.15) is 19.8 Å². The molecule has 1 aromatic carbocycles. The maximum atomic E-state index is 13.7. The number of halogens is 2. The smallest absolute Gasteiger partial charge is 0.277 e. The normalized spacial score (nSPS) is 19.2. The highest BCUT2D eigenvalue weighted by Crippen LogP contribution is 2.27. The Morgan fingerprint density at radius 1 is 1.20 bits per heavy atom. The molecular weight excluding hydrogens is 270 g/mol. The van der Waals surface area contributed by atoms with E-state index in [4.69, 9.17) is 0 Å². The van der Waals surface area contributed by atoms with E-state index in [0.717, 1.165) is 18.2 Å². The van der Waals surface area contributed by atoms with Gasteiger partial charge in [0, 0.05) is 0 Å². The van der Waals surface area contributed by atoms with Crippen molar-refractivity contribution >= 4 is 23.5 Å². The maximum absolute atomic E-state index is 13.7. The van der Waals surface area contributed by atoms with Gasteiger partial charge in [0.25, 0.3) is 0 Å². The summed E-state index contributed by atoms with van der Waals surface area (Å²) in [7, 11) is 0. The highest BCUT2D eigenvalue weighted by atomic mass is 19.1. The van der Waals surface area contributed by atoms with Gasteiger partial charge in [0.15, 0.2) is 0 Å². The van der Waals surface area contributed by atoms with E-state index < -0.39 is 41.1 Å². The van der Waals surface area contributed by atoms with Crippen LogP contribution in [-0.4, -0.2) is 17.8 Å². The fourth-order valence-electron chi connectivity index (χ4n) is 2.07. The fraction of sp³-hybridized carbons (Fsp3) is 0.308. The molecule has 5 nitrogen and oxygen atoms in total. The molecule has 2 rings (SSSR count). The lowest BCUT2D eigenvalue weighted by molar-refractivity contribution is -0.134. The third kappa shape index (κ3) is 2.26. The first-order valence-corrected chi connectivity index (χ1v) is 6.10. The van der Waals surface area contributed by atoms with Crippen molar-refractivity contribution in [2.45, 2.75) is 19.8 Å². The van der Waals surface area contributed by atoms with Crippen molar-refractivity contribution in [2.75, 3.05) is 4.90 Å². The summed E-state index contributed by atoms with van der Waals surface area (Å²) in [6.45, 7) is 1.75. The van der Waals surface area contributed by atoms with Crippen LogP contribution in [-0.2, 0) is 9.59 Å². The van der Waals surface area contributed by atoms with Crippen LogP contribution in [0.4, 0.5) is 19.3 Å². The van der Waals surface area contributed by atoms with E-state index in [0.29, 0.717) is 11.3 Å². The molecule has 1 aliphatic heterocycles. The molecule has 0 aliphatic carbocycles. The Balaban J connectivity index is 2.47. The van der Waals surface area contributed by atoms with E-state index in [2.05, 4.69) is 0 Å². The Hall–Kier alpha value is -2.31. The molecule has 0 bridgehead atoms. The monoisotopic (exact) mass is 282 g/mol. The van der Waals surface area contributed by atoms with Gasteiger partial charge in [0.2, 0.25) is 11.8 Å². The molecule has 1 N–H and O–H groups in total. The minimum absolute atomic E-state index is 0.199. The van der Waals surface area contributed by atoms with Gasteiger partial charge in [-0.3, -0.25) is 14.9 Å². The second-order valence-electron chi connectivity index (χ2n) is 4.38. The number of carbonyl (C=O) groups excluding carboxylic acids is 3. The Morgan fingerprint density at radius 2 is 1.80 bits per heavy atom. The largest absolute Gasteiger partial charge is 0.335 e. The number of amides is 4. The van der Waals surface area contributed by atoms with Crippen LogP contribution in [0, 0.1) is 17.6 Å². The molecule has 1 aliphatic rings. The predicted octanol–water partition coefficient (Wildman–Crippen LogP) is 1.96. The Bertz CT molecular complexity index is 569. The quantitative estimate of drug-likeness (QED) is 0.862. The number of nitrogens with zero attached hydrogens (tertiary/aromatic N) is 1. The second-order valence-corrected chi connectivity index (χ2v) is 4.38. The summed E-state index contributed by atoms with van der Waals surface area (Å²) in [5, 5.41) is 1.94. The van der Waals surface area contributed by atoms with Crippen molar-refractivity contribution < 1.29 is 23.2 Å². The Labute approximate surface area is 113 Å². The van der Waals surface area contributed by atoms with Crippen LogP contribution in [0.3, 0.4) is 0 Å². The number of para-hydroxylation sites is 1. The van der Waals surface area contributed by atoms with Gasteiger partial charge >= 0.3 is 6.03 Å². The number of barbiturate groups is 1. The second kappa shape index (κ2) is 5.36. The highest BCUT2D eigenvalue weighted by Gasteiger charge is 2.42. The molecule has 1 aromatic rings. The lowest BCUT2D eigenvalue weighted by Crippen LogP contribution is -2.58. The molecule has 1 atom stereocenters. The molecule has 0 aromatic heterocycles. The van der Waals surface area contributed by atoms with Crippen molar-refractivity contribution in [1.82, 2.24) is 5.32 Å². The van der Waals surface area contributed by atoms with Crippen molar-refractivity contribution in [1.29, 1.82) is 0 Å². The Morgan fingerprint density at radius 3 is 2.35 bits per heavy atom. The van der Waals surface area contributed by atoms with Crippen LogP contribution in [0.15, 0.2) is 18.2 Å². The zero-order chi connectivity index (χ0) is 14.9. The maximum Gasteiger partial charge on any atom is 0.335 e. The molecule has 1 heterocycles. The van der Waals surface area contributed by atoms with Crippen LogP contribution in [0.25, 0.3) is 0 Å². The van der Waals surface area contributed by atoms with Crippen molar-refractivity contribution in [3.8, 4) is 0 Å². The van der Waals surface area contributed by atoms with Crippen LogP contribution >= 0.6 is 0 Å². The van der Waals surface area contributed by atoms with E-state index in [1.807, 2.05) is 5.32 Å². The number of urea groups is 1. The summed E-state index contributed by atoms with van der Waals surface area (Å²) in [6, 6.07) is 1.85. The first-order chi connectivity index (χ1) is 9.47. The summed E-state index contributed by atoms with van der Waals surface area (Å²) in [5.74, 6) is -4.85. The molecule has 1 unspecified atom stereocenters. The summed E-state index contributed by atoms with van der Waals surface area (Å²) >= 11 is 0. The SMILES string of the molecule is CCCC1C(=O)NC(=O)N(c2c(F)cccc2F)C1=O. The fourth-order valence-corrected chi connectivity index (χ4v) is 2.07. The van der Waals surface area contributed by atoms with Crippen LogP contribution in [0.5, 0.6) is 0 Å². The molecule has 0 radical (unpaired) electrons. The van der Waals surface area contributed by atoms with Gasteiger partial charge in [-0.25, -0.2) is 18.5 Å². The first-order valence-electron chi connectivity index (χ1n) is 6.10. The predicted molar refractivity (Wildman–Crippen MR) is 65.8 cm³/mol. The summed E-state index contributed by atoms with van der Waals surface area (Å²) in [4.78, 5) is 35.8. The van der Waals surface area contributed by atoms with Gasteiger partial charge in [-0.2, -0.15) is 0 Å². The number of hydrogen-bond donors (Lipinski definition) is 1. The van der Waals surface area contributed by atoms with Crippen molar-refractivity contribution in [2.24, 2.45) is 5.92 Å².